The molecule has 0 fully saturated rings. The highest BCUT2D eigenvalue weighted by Crippen LogP contribution is 2.28. The maximum atomic E-state index is 13.4. The van der Waals surface area contributed by atoms with E-state index in [2.05, 4.69) is 4.98 Å². The van der Waals surface area contributed by atoms with Crippen molar-refractivity contribution in [1.29, 1.82) is 0 Å². The second-order valence-electron chi connectivity index (χ2n) is 7.99. The number of carbonyl (C=O) groups is 1. The summed E-state index contributed by atoms with van der Waals surface area (Å²) in [6.07, 6.45) is 1.82. The van der Waals surface area contributed by atoms with Crippen LogP contribution in [0.1, 0.15) is 17.5 Å². The average molecular weight is 446 g/mol. The smallest absolute Gasteiger partial charge is 0.247 e. The standard InChI is InChI=1S/C25H23N3O3S/c29-24(27-16-8-12-20-11-4-6-14-22(20)27)17-28-23-15-7-5-13-21(23)26-25(28)32(30,31)18-19-9-2-1-3-10-19/h1-7,9-11,13-15H,8,12,16-18H2. The summed E-state index contributed by atoms with van der Waals surface area (Å²) in [6, 6.07) is 24.1. The van der Waals surface area contributed by atoms with Gasteiger partial charge in [-0.2, -0.15) is 0 Å². The third kappa shape index (κ3) is 3.80. The fourth-order valence-corrected chi connectivity index (χ4v) is 5.81. The van der Waals surface area contributed by atoms with Crippen molar-refractivity contribution in [3.05, 3.63) is 90.0 Å². The van der Waals surface area contributed by atoms with Gasteiger partial charge < -0.3 is 9.47 Å². The number of rotatable bonds is 5. The third-order valence-electron chi connectivity index (χ3n) is 5.80. The minimum Gasteiger partial charge on any atom is -0.311 e. The van der Waals surface area contributed by atoms with Crippen molar-refractivity contribution >= 4 is 32.5 Å². The Labute approximate surface area is 187 Å². The van der Waals surface area contributed by atoms with Gasteiger partial charge in [-0.05, 0) is 42.2 Å². The Morgan fingerprint density at radius 2 is 1.62 bits per heavy atom. The highest BCUT2D eigenvalue weighted by Gasteiger charge is 2.28. The van der Waals surface area contributed by atoms with E-state index in [1.165, 1.54) is 0 Å². The monoisotopic (exact) mass is 445 g/mol. The van der Waals surface area contributed by atoms with Gasteiger partial charge in [-0.3, -0.25) is 4.79 Å². The molecule has 0 saturated heterocycles. The molecule has 0 saturated carbocycles. The lowest BCUT2D eigenvalue weighted by atomic mass is 10.0. The summed E-state index contributed by atoms with van der Waals surface area (Å²) in [5.41, 5.74) is 3.92. The van der Waals surface area contributed by atoms with Crippen molar-refractivity contribution in [3.63, 3.8) is 0 Å². The van der Waals surface area contributed by atoms with E-state index in [9.17, 15) is 13.2 Å². The number of amides is 1. The van der Waals surface area contributed by atoms with Crippen LogP contribution in [0.5, 0.6) is 0 Å². The highest BCUT2D eigenvalue weighted by molar-refractivity contribution is 7.90. The number of hydrogen-bond donors (Lipinski definition) is 0. The molecule has 0 bridgehead atoms. The lowest BCUT2D eigenvalue weighted by Crippen LogP contribution is -2.38. The van der Waals surface area contributed by atoms with Gasteiger partial charge in [-0.1, -0.05) is 60.7 Å². The van der Waals surface area contributed by atoms with E-state index in [1.807, 2.05) is 54.6 Å². The number of hydrogen-bond acceptors (Lipinski definition) is 4. The Kier molecular flexibility index (Phi) is 5.27. The molecular formula is C25H23N3O3S. The van der Waals surface area contributed by atoms with Gasteiger partial charge in [0.15, 0.2) is 0 Å². The van der Waals surface area contributed by atoms with Crippen molar-refractivity contribution in [2.45, 2.75) is 30.3 Å². The fourth-order valence-electron chi connectivity index (χ4n) is 4.32. The van der Waals surface area contributed by atoms with Crippen molar-refractivity contribution in [2.24, 2.45) is 0 Å². The van der Waals surface area contributed by atoms with Crippen LogP contribution in [-0.4, -0.2) is 30.4 Å². The summed E-state index contributed by atoms with van der Waals surface area (Å²) in [4.78, 5) is 19.6. The zero-order valence-electron chi connectivity index (χ0n) is 17.5. The van der Waals surface area contributed by atoms with E-state index in [4.69, 9.17) is 0 Å². The molecule has 6 nitrogen and oxygen atoms in total. The summed E-state index contributed by atoms with van der Waals surface area (Å²) >= 11 is 0. The molecule has 0 spiro atoms. The fraction of sp³-hybridized carbons (Fsp3) is 0.200. The first-order chi connectivity index (χ1) is 15.5. The van der Waals surface area contributed by atoms with Crippen LogP contribution in [0.25, 0.3) is 11.0 Å². The van der Waals surface area contributed by atoms with Gasteiger partial charge in [0.2, 0.25) is 20.9 Å². The molecule has 0 unspecified atom stereocenters. The number of carbonyl (C=O) groups excluding carboxylic acids is 1. The van der Waals surface area contributed by atoms with E-state index in [0.29, 0.717) is 23.1 Å². The van der Waals surface area contributed by atoms with Gasteiger partial charge in [0, 0.05) is 12.2 Å². The molecule has 3 aromatic carbocycles. The number of benzene rings is 3. The predicted molar refractivity (Wildman–Crippen MR) is 124 cm³/mol. The number of imidazole rings is 1. The lowest BCUT2D eigenvalue weighted by Gasteiger charge is -2.29. The van der Waals surface area contributed by atoms with Gasteiger partial charge >= 0.3 is 0 Å². The molecule has 0 radical (unpaired) electrons. The molecule has 1 aliphatic rings. The largest absolute Gasteiger partial charge is 0.311 e. The zero-order valence-corrected chi connectivity index (χ0v) is 18.3. The third-order valence-corrected chi connectivity index (χ3v) is 7.38. The highest BCUT2D eigenvalue weighted by atomic mass is 32.2. The van der Waals surface area contributed by atoms with Crippen LogP contribution in [0, 0.1) is 0 Å². The minimum absolute atomic E-state index is 0.0683. The zero-order chi connectivity index (χ0) is 22.1. The summed E-state index contributed by atoms with van der Waals surface area (Å²) in [7, 11) is -3.76. The molecule has 32 heavy (non-hydrogen) atoms. The van der Waals surface area contributed by atoms with Gasteiger partial charge in [0.05, 0.1) is 16.8 Å². The summed E-state index contributed by atoms with van der Waals surface area (Å²) in [5.74, 6) is -0.311. The van der Waals surface area contributed by atoms with Crippen LogP contribution in [0.15, 0.2) is 84.0 Å². The molecule has 4 aromatic rings. The number of nitrogens with zero attached hydrogens (tertiary/aromatic N) is 3. The van der Waals surface area contributed by atoms with E-state index in [1.54, 1.807) is 33.7 Å². The predicted octanol–water partition coefficient (Wildman–Crippen LogP) is 3.99. The molecule has 7 heteroatoms. The molecule has 1 aromatic heterocycles. The van der Waals surface area contributed by atoms with Crippen molar-refractivity contribution in [1.82, 2.24) is 9.55 Å². The average Bonchev–Trinajstić information content (AvgIpc) is 3.18. The minimum atomic E-state index is -3.76. The second kappa shape index (κ2) is 8.24. The molecule has 162 valence electrons. The van der Waals surface area contributed by atoms with E-state index >= 15 is 0 Å². The van der Waals surface area contributed by atoms with Crippen LogP contribution >= 0.6 is 0 Å². The first-order valence-corrected chi connectivity index (χ1v) is 12.3. The van der Waals surface area contributed by atoms with Gasteiger partial charge in [-0.25, -0.2) is 13.4 Å². The molecule has 2 heterocycles. The SMILES string of the molecule is O=C(Cn1c(S(=O)(=O)Cc2ccccc2)nc2ccccc21)N1CCCc2ccccc21. The Hall–Kier alpha value is -3.45. The number of anilines is 1. The number of aryl methyl sites for hydroxylation is 1. The molecule has 0 aliphatic carbocycles. The maximum Gasteiger partial charge on any atom is 0.247 e. The van der Waals surface area contributed by atoms with Crippen LogP contribution in [0.4, 0.5) is 5.69 Å². The normalized spacial score (nSPS) is 13.8. The molecule has 1 amide bonds. The molecule has 0 N–H and O–H groups in total. The maximum absolute atomic E-state index is 13.4. The van der Waals surface area contributed by atoms with Crippen molar-refractivity contribution < 1.29 is 13.2 Å². The van der Waals surface area contributed by atoms with Crippen molar-refractivity contribution in [2.75, 3.05) is 11.4 Å². The lowest BCUT2D eigenvalue weighted by molar-refractivity contribution is -0.119. The first-order valence-electron chi connectivity index (χ1n) is 10.6. The van der Waals surface area contributed by atoms with Crippen LogP contribution in [0.2, 0.25) is 0 Å². The van der Waals surface area contributed by atoms with Gasteiger partial charge in [-0.15, -0.1) is 0 Å². The number of para-hydroxylation sites is 3. The van der Waals surface area contributed by atoms with E-state index in [0.717, 1.165) is 24.1 Å². The van der Waals surface area contributed by atoms with Crippen LogP contribution in [0.3, 0.4) is 0 Å². The molecular weight excluding hydrogens is 422 g/mol. The van der Waals surface area contributed by atoms with Crippen LogP contribution < -0.4 is 4.90 Å². The summed E-state index contributed by atoms with van der Waals surface area (Å²) in [6.45, 7) is 0.534. The Balaban J connectivity index is 1.54. The van der Waals surface area contributed by atoms with Crippen molar-refractivity contribution in [3.8, 4) is 0 Å². The Bertz CT molecular complexity index is 1390. The van der Waals surface area contributed by atoms with E-state index < -0.39 is 9.84 Å². The van der Waals surface area contributed by atoms with Gasteiger partial charge in [0.1, 0.15) is 6.54 Å². The Morgan fingerprint density at radius 3 is 2.47 bits per heavy atom. The number of fused-ring (bicyclic) bond motifs is 2. The Morgan fingerprint density at radius 1 is 0.906 bits per heavy atom. The van der Waals surface area contributed by atoms with Crippen LogP contribution in [-0.2, 0) is 33.4 Å². The first kappa shape index (κ1) is 20.5. The number of sulfone groups is 1. The quantitative estimate of drug-likeness (QED) is 0.466. The molecule has 5 rings (SSSR count). The number of aromatic nitrogens is 2. The molecule has 1 aliphatic heterocycles. The summed E-state index contributed by atoms with van der Waals surface area (Å²) < 4.78 is 28.2. The second-order valence-corrected chi connectivity index (χ2v) is 9.87. The molecule has 0 atom stereocenters. The van der Waals surface area contributed by atoms with E-state index in [-0.39, 0.29) is 23.4 Å². The van der Waals surface area contributed by atoms with Gasteiger partial charge in [0.25, 0.3) is 0 Å². The topological polar surface area (TPSA) is 72.3 Å². The summed E-state index contributed by atoms with van der Waals surface area (Å²) in [5, 5.41) is -0.0683.